The molecule has 0 fully saturated rings. The SMILES string of the molecule is CCNCCNc1cc(F)c(Cl)cc1[N+](=O)[O-]. The molecule has 0 bridgehead atoms. The van der Waals surface area contributed by atoms with Crippen molar-refractivity contribution in [3.8, 4) is 0 Å². The van der Waals surface area contributed by atoms with Gasteiger partial charge in [0.1, 0.15) is 11.5 Å². The van der Waals surface area contributed by atoms with Crippen molar-refractivity contribution in [2.45, 2.75) is 6.92 Å². The summed E-state index contributed by atoms with van der Waals surface area (Å²) in [7, 11) is 0. The van der Waals surface area contributed by atoms with Crippen LogP contribution in [0.2, 0.25) is 5.02 Å². The predicted molar refractivity (Wildman–Crippen MR) is 65.1 cm³/mol. The first-order chi connectivity index (χ1) is 8.06. The van der Waals surface area contributed by atoms with Crippen LogP contribution in [0, 0.1) is 15.9 Å². The van der Waals surface area contributed by atoms with Gasteiger partial charge in [-0.3, -0.25) is 10.1 Å². The van der Waals surface area contributed by atoms with Gasteiger partial charge in [0.25, 0.3) is 5.69 Å². The molecule has 0 unspecified atom stereocenters. The van der Waals surface area contributed by atoms with Gasteiger partial charge < -0.3 is 10.6 Å². The van der Waals surface area contributed by atoms with E-state index in [1.807, 2.05) is 6.92 Å². The summed E-state index contributed by atoms with van der Waals surface area (Å²) < 4.78 is 13.2. The van der Waals surface area contributed by atoms with Gasteiger partial charge in [0, 0.05) is 25.2 Å². The van der Waals surface area contributed by atoms with E-state index < -0.39 is 10.7 Å². The van der Waals surface area contributed by atoms with Gasteiger partial charge in [-0.05, 0) is 6.54 Å². The van der Waals surface area contributed by atoms with Crippen LogP contribution in [0.3, 0.4) is 0 Å². The molecule has 0 aliphatic rings. The number of hydrogen-bond acceptors (Lipinski definition) is 4. The Morgan fingerprint density at radius 3 is 2.76 bits per heavy atom. The second-order valence-corrected chi connectivity index (χ2v) is 3.73. The fourth-order valence-electron chi connectivity index (χ4n) is 1.29. The molecule has 1 aromatic carbocycles. The van der Waals surface area contributed by atoms with Crippen LogP contribution in [0.4, 0.5) is 15.8 Å². The van der Waals surface area contributed by atoms with Crippen LogP contribution in [-0.2, 0) is 0 Å². The molecule has 2 N–H and O–H groups in total. The molecule has 0 spiro atoms. The number of nitrogens with one attached hydrogen (secondary N) is 2. The number of nitro groups is 1. The Balaban J connectivity index is 2.81. The van der Waals surface area contributed by atoms with Gasteiger partial charge in [-0.15, -0.1) is 0 Å². The van der Waals surface area contributed by atoms with Gasteiger partial charge >= 0.3 is 0 Å². The Morgan fingerprint density at radius 1 is 1.47 bits per heavy atom. The van der Waals surface area contributed by atoms with Gasteiger partial charge in [0.05, 0.1) is 9.95 Å². The summed E-state index contributed by atoms with van der Waals surface area (Å²) in [4.78, 5) is 10.1. The minimum atomic E-state index is -0.678. The quantitative estimate of drug-likeness (QED) is 0.469. The summed E-state index contributed by atoms with van der Waals surface area (Å²) in [6.07, 6.45) is 0. The van der Waals surface area contributed by atoms with E-state index in [4.69, 9.17) is 11.6 Å². The van der Waals surface area contributed by atoms with Gasteiger partial charge in [0.15, 0.2) is 0 Å². The third kappa shape index (κ3) is 3.83. The summed E-state index contributed by atoms with van der Waals surface area (Å²) in [5, 5.41) is 16.3. The lowest BCUT2D eigenvalue weighted by molar-refractivity contribution is -0.384. The third-order valence-electron chi connectivity index (χ3n) is 2.10. The molecule has 0 amide bonds. The molecule has 94 valence electrons. The standard InChI is InChI=1S/C10H13ClFN3O2/c1-2-13-3-4-14-9-6-8(12)7(11)5-10(9)15(16)17/h5-6,13-14H,2-4H2,1H3. The van der Waals surface area contributed by atoms with Crippen LogP contribution >= 0.6 is 11.6 Å². The third-order valence-corrected chi connectivity index (χ3v) is 2.39. The minimum Gasteiger partial charge on any atom is -0.378 e. The van der Waals surface area contributed by atoms with Gasteiger partial charge in [-0.25, -0.2) is 4.39 Å². The highest BCUT2D eigenvalue weighted by Crippen LogP contribution is 2.29. The van der Waals surface area contributed by atoms with Gasteiger partial charge in [-0.1, -0.05) is 18.5 Å². The molecular weight excluding hydrogens is 249 g/mol. The van der Waals surface area contributed by atoms with Crippen molar-refractivity contribution < 1.29 is 9.31 Å². The lowest BCUT2D eigenvalue weighted by Crippen LogP contribution is -2.21. The lowest BCUT2D eigenvalue weighted by atomic mass is 10.2. The van der Waals surface area contributed by atoms with Crippen LogP contribution < -0.4 is 10.6 Å². The first-order valence-electron chi connectivity index (χ1n) is 5.14. The van der Waals surface area contributed by atoms with Crippen LogP contribution in [0.15, 0.2) is 12.1 Å². The average molecular weight is 262 g/mol. The fraction of sp³-hybridized carbons (Fsp3) is 0.400. The Labute approximate surface area is 103 Å². The smallest absolute Gasteiger partial charge is 0.294 e. The average Bonchev–Trinajstić information content (AvgIpc) is 2.28. The Bertz CT molecular complexity index is 415. The minimum absolute atomic E-state index is 0.134. The van der Waals surface area contributed by atoms with E-state index in [1.165, 1.54) is 0 Å². The molecule has 1 aromatic rings. The molecule has 1 rings (SSSR count). The summed E-state index contributed by atoms with van der Waals surface area (Å²) in [5.74, 6) is -0.678. The van der Waals surface area contributed by atoms with E-state index in [-0.39, 0.29) is 16.4 Å². The van der Waals surface area contributed by atoms with Gasteiger partial charge in [-0.2, -0.15) is 0 Å². The molecule has 0 aliphatic heterocycles. The number of nitro benzene ring substituents is 1. The number of likely N-dealkylation sites (N-methyl/N-ethyl adjacent to an activating group) is 1. The summed E-state index contributed by atoms with van der Waals surface area (Å²) in [6, 6.07) is 2.04. The molecule has 7 heteroatoms. The molecule has 0 atom stereocenters. The highest BCUT2D eigenvalue weighted by molar-refractivity contribution is 6.31. The summed E-state index contributed by atoms with van der Waals surface area (Å²) in [6.45, 7) is 3.86. The van der Waals surface area contributed by atoms with E-state index in [0.29, 0.717) is 13.1 Å². The van der Waals surface area contributed by atoms with Crippen molar-refractivity contribution >= 4 is 23.0 Å². The Morgan fingerprint density at radius 2 is 2.18 bits per heavy atom. The fourth-order valence-corrected chi connectivity index (χ4v) is 1.45. The zero-order valence-electron chi connectivity index (χ0n) is 9.30. The van der Waals surface area contributed by atoms with E-state index in [2.05, 4.69) is 10.6 Å². The highest BCUT2D eigenvalue weighted by Gasteiger charge is 2.17. The number of hydrogen-bond donors (Lipinski definition) is 2. The second-order valence-electron chi connectivity index (χ2n) is 3.32. The van der Waals surface area contributed by atoms with E-state index in [0.717, 1.165) is 18.7 Å². The molecule has 0 heterocycles. The summed E-state index contributed by atoms with van der Waals surface area (Å²) in [5.41, 5.74) is -0.0947. The Hall–Kier alpha value is -1.40. The molecule has 0 radical (unpaired) electrons. The van der Waals surface area contributed by atoms with Crippen molar-refractivity contribution in [3.05, 3.63) is 33.1 Å². The molecule has 0 saturated heterocycles. The van der Waals surface area contributed by atoms with Gasteiger partial charge in [0.2, 0.25) is 0 Å². The number of halogens is 2. The first-order valence-corrected chi connectivity index (χ1v) is 5.52. The van der Waals surface area contributed by atoms with E-state index in [9.17, 15) is 14.5 Å². The van der Waals surface area contributed by atoms with Crippen LogP contribution in [0.25, 0.3) is 0 Å². The monoisotopic (exact) mass is 261 g/mol. The molecule has 0 aromatic heterocycles. The normalized spacial score (nSPS) is 10.3. The molecule has 5 nitrogen and oxygen atoms in total. The molecular formula is C10H13ClFN3O2. The maximum atomic E-state index is 13.2. The maximum Gasteiger partial charge on any atom is 0.294 e. The van der Waals surface area contributed by atoms with Crippen molar-refractivity contribution in [1.82, 2.24) is 5.32 Å². The maximum absolute atomic E-state index is 13.2. The van der Waals surface area contributed by atoms with E-state index >= 15 is 0 Å². The van der Waals surface area contributed by atoms with E-state index in [1.54, 1.807) is 0 Å². The molecule has 17 heavy (non-hydrogen) atoms. The summed E-state index contributed by atoms with van der Waals surface area (Å²) >= 11 is 5.49. The molecule has 0 saturated carbocycles. The molecule has 0 aliphatic carbocycles. The number of benzene rings is 1. The van der Waals surface area contributed by atoms with Crippen LogP contribution in [0.5, 0.6) is 0 Å². The highest BCUT2D eigenvalue weighted by atomic mass is 35.5. The number of rotatable bonds is 6. The Kier molecular flexibility index (Phi) is 5.11. The number of nitrogens with zero attached hydrogens (tertiary/aromatic N) is 1. The topological polar surface area (TPSA) is 67.2 Å². The predicted octanol–water partition coefficient (Wildman–Crippen LogP) is 2.41. The zero-order chi connectivity index (χ0) is 12.8. The van der Waals surface area contributed by atoms with Crippen molar-refractivity contribution in [1.29, 1.82) is 0 Å². The van der Waals surface area contributed by atoms with Crippen molar-refractivity contribution in [3.63, 3.8) is 0 Å². The largest absolute Gasteiger partial charge is 0.378 e. The first kappa shape index (κ1) is 13.7. The van der Waals surface area contributed by atoms with Crippen molar-refractivity contribution in [2.75, 3.05) is 25.0 Å². The zero-order valence-corrected chi connectivity index (χ0v) is 10.1. The lowest BCUT2D eigenvalue weighted by Gasteiger charge is -2.08. The van der Waals surface area contributed by atoms with Crippen LogP contribution in [-0.4, -0.2) is 24.6 Å². The van der Waals surface area contributed by atoms with Crippen LogP contribution in [0.1, 0.15) is 6.92 Å². The van der Waals surface area contributed by atoms with Crippen molar-refractivity contribution in [2.24, 2.45) is 0 Å². The second kappa shape index (κ2) is 6.36. The number of anilines is 1.